The number of hydroxylamine groups is 1. The van der Waals surface area contributed by atoms with Gasteiger partial charge in [-0.15, -0.1) is 0 Å². The molecule has 0 aliphatic carbocycles. The largest absolute Gasteiger partial charge is 0.495 e. The first kappa shape index (κ1) is 53.7. The van der Waals surface area contributed by atoms with Crippen molar-refractivity contribution in [1.29, 1.82) is 0 Å². The van der Waals surface area contributed by atoms with Crippen molar-refractivity contribution in [3.05, 3.63) is 12.3 Å². The van der Waals surface area contributed by atoms with Crippen LogP contribution in [0.25, 0.3) is 0 Å². The quantitative estimate of drug-likeness (QED) is 0.0220. The number of ether oxygens (including phenoxy) is 1. The van der Waals surface area contributed by atoms with Crippen LogP contribution in [-0.2, 0) is 9.57 Å². The number of nitrogens with zero attached hydrogens (tertiary/aromatic N) is 3. The van der Waals surface area contributed by atoms with E-state index in [0.717, 1.165) is 37.6 Å². The zero-order valence-electron chi connectivity index (χ0n) is 38.5. The molecule has 328 valence electrons. The molecular weight excluding hydrogens is 677 g/mol. The highest BCUT2D eigenvalue weighted by atomic mass is 16.6. The number of aliphatic imine (C=N–C) groups is 1. The van der Waals surface area contributed by atoms with Gasteiger partial charge in [0.2, 0.25) is 5.96 Å². The molecule has 0 aliphatic heterocycles. The van der Waals surface area contributed by atoms with Gasteiger partial charge in [0.25, 0.3) is 0 Å². The molecule has 0 saturated heterocycles. The number of guanidine groups is 1. The Kier molecular flexibility index (Phi) is 42.8. The van der Waals surface area contributed by atoms with E-state index in [4.69, 9.17) is 14.6 Å². The third-order valence-electron chi connectivity index (χ3n) is 11.4. The van der Waals surface area contributed by atoms with E-state index in [9.17, 15) is 0 Å². The number of rotatable bonds is 44. The normalized spacial score (nSPS) is 12.0. The second-order valence-corrected chi connectivity index (χ2v) is 17.1. The maximum absolute atomic E-state index is 6.53. The third-order valence-corrected chi connectivity index (χ3v) is 11.4. The Morgan fingerprint density at radius 2 is 0.873 bits per heavy atom. The van der Waals surface area contributed by atoms with Crippen LogP contribution in [0.15, 0.2) is 17.3 Å². The first-order valence-electron chi connectivity index (χ1n) is 24.6. The van der Waals surface area contributed by atoms with Crippen LogP contribution in [0.1, 0.15) is 245 Å². The highest BCUT2D eigenvalue weighted by Gasteiger charge is 2.12. The fourth-order valence-electron chi connectivity index (χ4n) is 7.75. The summed E-state index contributed by atoms with van der Waals surface area (Å²) in [5.74, 6) is 1.84. The second-order valence-electron chi connectivity index (χ2n) is 17.1. The van der Waals surface area contributed by atoms with Crippen molar-refractivity contribution in [2.24, 2.45) is 4.99 Å². The Balaban J connectivity index is 4.46. The number of allylic oxidation sites excluding steroid dienone is 1. The van der Waals surface area contributed by atoms with Gasteiger partial charge >= 0.3 is 0 Å². The maximum atomic E-state index is 6.53. The first-order chi connectivity index (χ1) is 27.0. The van der Waals surface area contributed by atoms with Crippen molar-refractivity contribution in [2.45, 2.75) is 252 Å². The van der Waals surface area contributed by atoms with Crippen molar-refractivity contribution < 1.29 is 9.57 Å². The van der Waals surface area contributed by atoms with Gasteiger partial charge in [-0.3, -0.25) is 9.83 Å². The molecule has 0 aromatic carbocycles. The molecule has 0 saturated carbocycles. The molecule has 0 amide bonds. The van der Waals surface area contributed by atoms with E-state index < -0.39 is 0 Å². The van der Waals surface area contributed by atoms with Crippen molar-refractivity contribution in [3.63, 3.8) is 0 Å². The molecule has 0 bridgehead atoms. The van der Waals surface area contributed by atoms with E-state index in [1.807, 2.05) is 19.0 Å². The minimum absolute atomic E-state index is 0.381. The fourth-order valence-corrected chi connectivity index (χ4v) is 7.75. The highest BCUT2D eigenvalue weighted by molar-refractivity contribution is 5.78. The van der Waals surface area contributed by atoms with Crippen molar-refractivity contribution in [2.75, 3.05) is 47.4 Å². The summed E-state index contributed by atoms with van der Waals surface area (Å²) in [6, 6.07) is 0. The van der Waals surface area contributed by atoms with Gasteiger partial charge in [-0.05, 0) is 71.0 Å². The molecule has 6 heteroatoms. The molecule has 0 fully saturated rings. The average molecular weight is 777 g/mol. The van der Waals surface area contributed by atoms with Crippen LogP contribution in [0.2, 0.25) is 0 Å². The Morgan fingerprint density at radius 1 is 0.509 bits per heavy atom. The summed E-state index contributed by atoms with van der Waals surface area (Å²) in [5.41, 5.74) is 2.91. The predicted octanol–water partition coefficient (Wildman–Crippen LogP) is 15.0. The average Bonchev–Trinajstić information content (AvgIpc) is 3.17. The Labute approximate surface area is 346 Å². The number of nitrogens with one attached hydrogen (secondary N) is 1. The third kappa shape index (κ3) is 39.3. The van der Waals surface area contributed by atoms with Crippen LogP contribution < -0.4 is 5.48 Å². The van der Waals surface area contributed by atoms with Crippen molar-refractivity contribution in [1.82, 2.24) is 15.3 Å². The standard InChI is InChI=1S/C49H100N4O2/c1-8-11-14-17-20-21-22-23-24-25-26-27-32-37-44-53(46-39-43-50-49(51-54-7)52(5)6)45-38-33-28-29-34-40-47(4)55-48(41-35-30-18-15-12-9-2)42-36-31-19-16-13-10-3/h48H,4,8-46H2,1-3,5-7H3,(H,50,51). The van der Waals surface area contributed by atoms with E-state index in [-0.39, 0.29) is 0 Å². The molecule has 0 unspecified atom stereocenters. The van der Waals surface area contributed by atoms with E-state index in [1.54, 1.807) is 7.11 Å². The van der Waals surface area contributed by atoms with Crippen LogP contribution in [-0.4, -0.2) is 69.2 Å². The van der Waals surface area contributed by atoms with E-state index in [1.165, 1.54) is 225 Å². The summed E-state index contributed by atoms with van der Waals surface area (Å²) >= 11 is 0. The maximum Gasteiger partial charge on any atom is 0.217 e. The van der Waals surface area contributed by atoms with Gasteiger partial charge in [0.1, 0.15) is 0 Å². The molecule has 0 spiro atoms. The number of hydrogen-bond acceptors (Lipinski definition) is 4. The summed E-state index contributed by atoms with van der Waals surface area (Å²) in [4.78, 5) is 14.5. The van der Waals surface area contributed by atoms with Crippen LogP contribution in [0.3, 0.4) is 0 Å². The molecular formula is C49H100N4O2. The zero-order chi connectivity index (χ0) is 40.3. The summed E-state index contributed by atoms with van der Waals surface area (Å²) in [5, 5.41) is 0. The molecule has 0 aromatic heterocycles. The van der Waals surface area contributed by atoms with Gasteiger partial charge in [0.05, 0.1) is 19.0 Å². The lowest BCUT2D eigenvalue weighted by atomic mass is 10.0. The molecule has 55 heavy (non-hydrogen) atoms. The summed E-state index contributed by atoms with van der Waals surface area (Å²) < 4.78 is 6.53. The van der Waals surface area contributed by atoms with Crippen LogP contribution in [0.5, 0.6) is 0 Å². The molecule has 0 aromatic rings. The van der Waals surface area contributed by atoms with E-state index >= 15 is 0 Å². The van der Waals surface area contributed by atoms with Crippen LogP contribution in [0.4, 0.5) is 0 Å². The van der Waals surface area contributed by atoms with Gasteiger partial charge < -0.3 is 14.5 Å². The molecule has 0 rings (SSSR count). The highest BCUT2D eigenvalue weighted by Crippen LogP contribution is 2.21. The minimum atomic E-state index is 0.381. The van der Waals surface area contributed by atoms with Crippen LogP contribution in [0, 0.1) is 0 Å². The Bertz CT molecular complexity index is 788. The van der Waals surface area contributed by atoms with Gasteiger partial charge in [-0.2, -0.15) is 0 Å². The van der Waals surface area contributed by atoms with E-state index in [2.05, 4.69) is 37.7 Å². The Hall–Kier alpha value is -1.27. The molecule has 0 aliphatic rings. The van der Waals surface area contributed by atoms with Gasteiger partial charge in [0, 0.05) is 27.1 Å². The predicted molar refractivity (Wildman–Crippen MR) is 245 cm³/mol. The monoisotopic (exact) mass is 777 g/mol. The smallest absolute Gasteiger partial charge is 0.217 e. The lowest BCUT2D eigenvalue weighted by molar-refractivity contribution is 0.0895. The summed E-state index contributed by atoms with van der Waals surface area (Å²) in [7, 11) is 5.65. The fraction of sp³-hybridized carbons (Fsp3) is 0.939. The molecule has 0 atom stereocenters. The van der Waals surface area contributed by atoms with Crippen LogP contribution >= 0.6 is 0 Å². The Morgan fingerprint density at radius 3 is 1.27 bits per heavy atom. The van der Waals surface area contributed by atoms with Gasteiger partial charge in [-0.25, -0.2) is 5.48 Å². The van der Waals surface area contributed by atoms with Crippen molar-refractivity contribution in [3.8, 4) is 0 Å². The minimum Gasteiger partial charge on any atom is -0.495 e. The number of hydrogen-bond donors (Lipinski definition) is 1. The first-order valence-corrected chi connectivity index (χ1v) is 24.6. The second kappa shape index (κ2) is 43.8. The number of unbranched alkanes of at least 4 members (excludes halogenated alkanes) is 27. The lowest BCUT2D eigenvalue weighted by Crippen LogP contribution is -2.36. The molecule has 0 heterocycles. The lowest BCUT2D eigenvalue weighted by Gasteiger charge is -2.22. The molecule has 1 N–H and O–H groups in total. The van der Waals surface area contributed by atoms with Crippen molar-refractivity contribution >= 4 is 5.96 Å². The SMILES string of the molecule is C=C(CCCCCCCN(CCCCCCCCCCCCCCCC)CCCN=C(NOC)N(C)C)OC(CCCCCCCC)CCCCCCCC. The topological polar surface area (TPSA) is 49.3 Å². The zero-order valence-corrected chi connectivity index (χ0v) is 38.5. The molecule has 6 nitrogen and oxygen atoms in total. The van der Waals surface area contributed by atoms with E-state index in [0.29, 0.717) is 6.10 Å². The van der Waals surface area contributed by atoms with Gasteiger partial charge in [0.15, 0.2) is 0 Å². The van der Waals surface area contributed by atoms with Gasteiger partial charge in [-0.1, -0.05) is 194 Å². The summed E-state index contributed by atoms with van der Waals surface area (Å²) in [6.07, 6.45) is 47.5. The molecule has 0 radical (unpaired) electrons. The summed E-state index contributed by atoms with van der Waals surface area (Å²) in [6.45, 7) is 15.7.